The van der Waals surface area contributed by atoms with Crippen molar-refractivity contribution in [3.63, 3.8) is 0 Å². The summed E-state index contributed by atoms with van der Waals surface area (Å²) in [5, 5.41) is 0. The molecule has 0 saturated heterocycles. The van der Waals surface area contributed by atoms with Gasteiger partial charge in [0.05, 0.1) is 0 Å². The molecule has 0 aromatic carbocycles. The van der Waals surface area contributed by atoms with Crippen LogP contribution in [0.25, 0.3) is 0 Å². The van der Waals surface area contributed by atoms with Crippen molar-refractivity contribution in [2.45, 2.75) is 11.8 Å². The number of rotatable bonds is 3. The van der Waals surface area contributed by atoms with Crippen LogP contribution in [0.2, 0.25) is 0 Å². The molecule has 60 valence electrons. The van der Waals surface area contributed by atoms with E-state index in [1.807, 2.05) is 18.5 Å². The van der Waals surface area contributed by atoms with Crippen LogP contribution in [-0.2, 0) is 0 Å². The summed E-state index contributed by atoms with van der Waals surface area (Å²) < 4.78 is 0. The minimum atomic E-state index is 0.701. The normalized spacial score (nSPS) is 10.0. The maximum absolute atomic E-state index is 5.57. The number of aromatic nitrogens is 1. The lowest BCUT2D eigenvalue weighted by Gasteiger charge is -2.01. The second kappa shape index (κ2) is 4.62. The molecular formula is C8H10ClNS. The summed E-state index contributed by atoms with van der Waals surface area (Å²) in [5.41, 5.74) is 1.22. The van der Waals surface area contributed by atoms with Crippen molar-refractivity contribution in [2.75, 3.05) is 11.6 Å². The van der Waals surface area contributed by atoms with Crippen molar-refractivity contribution in [2.24, 2.45) is 0 Å². The second-order valence-corrected chi connectivity index (χ2v) is 3.69. The van der Waals surface area contributed by atoms with E-state index in [0.717, 1.165) is 5.75 Å². The Bertz CT molecular complexity index is 227. The zero-order chi connectivity index (χ0) is 8.10. The summed E-state index contributed by atoms with van der Waals surface area (Å²) in [6, 6.07) is 2.02. The van der Waals surface area contributed by atoms with Crippen LogP contribution < -0.4 is 0 Å². The molecule has 0 saturated carbocycles. The Morgan fingerprint density at radius 3 is 3.09 bits per heavy atom. The summed E-state index contributed by atoms with van der Waals surface area (Å²) in [6.07, 6.45) is 3.68. The topological polar surface area (TPSA) is 12.9 Å². The lowest BCUT2D eigenvalue weighted by atomic mass is 10.3. The highest BCUT2D eigenvalue weighted by atomic mass is 35.5. The molecule has 0 unspecified atom stereocenters. The van der Waals surface area contributed by atoms with E-state index in [1.54, 1.807) is 11.8 Å². The summed E-state index contributed by atoms with van der Waals surface area (Å²) in [4.78, 5) is 5.29. The molecule has 0 bridgehead atoms. The Morgan fingerprint density at radius 1 is 1.64 bits per heavy atom. The Morgan fingerprint density at radius 2 is 2.45 bits per heavy atom. The number of hydrogen-bond acceptors (Lipinski definition) is 2. The summed E-state index contributed by atoms with van der Waals surface area (Å²) in [6.45, 7) is 2.06. The second-order valence-electron chi connectivity index (χ2n) is 2.18. The molecule has 0 aliphatic heterocycles. The van der Waals surface area contributed by atoms with E-state index in [0.29, 0.717) is 5.88 Å². The van der Waals surface area contributed by atoms with E-state index in [4.69, 9.17) is 11.6 Å². The SMILES string of the molecule is Cc1cnccc1SCCCl. The maximum Gasteiger partial charge on any atom is 0.0317 e. The largest absolute Gasteiger partial charge is 0.264 e. The summed E-state index contributed by atoms with van der Waals surface area (Å²) in [7, 11) is 0. The summed E-state index contributed by atoms with van der Waals surface area (Å²) >= 11 is 7.34. The zero-order valence-electron chi connectivity index (χ0n) is 6.38. The molecule has 1 heterocycles. The first-order valence-electron chi connectivity index (χ1n) is 3.44. The van der Waals surface area contributed by atoms with Crippen LogP contribution in [0.5, 0.6) is 0 Å². The fourth-order valence-corrected chi connectivity index (χ4v) is 1.74. The van der Waals surface area contributed by atoms with Crippen molar-refractivity contribution in [1.29, 1.82) is 0 Å². The van der Waals surface area contributed by atoms with Crippen molar-refractivity contribution < 1.29 is 0 Å². The first-order chi connectivity index (χ1) is 5.34. The van der Waals surface area contributed by atoms with E-state index in [9.17, 15) is 0 Å². The highest BCUT2D eigenvalue weighted by molar-refractivity contribution is 7.99. The molecule has 1 aromatic rings. The van der Waals surface area contributed by atoms with Gasteiger partial charge in [-0.15, -0.1) is 23.4 Å². The van der Waals surface area contributed by atoms with Crippen molar-refractivity contribution in [3.8, 4) is 0 Å². The van der Waals surface area contributed by atoms with E-state index in [2.05, 4.69) is 11.9 Å². The Hall–Kier alpha value is -0.210. The van der Waals surface area contributed by atoms with E-state index < -0.39 is 0 Å². The molecule has 1 rings (SSSR count). The fourth-order valence-electron chi connectivity index (χ4n) is 0.771. The van der Waals surface area contributed by atoms with E-state index in [1.165, 1.54) is 10.5 Å². The van der Waals surface area contributed by atoms with Gasteiger partial charge < -0.3 is 0 Å². The molecule has 11 heavy (non-hydrogen) atoms. The van der Waals surface area contributed by atoms with Gasteiger partial charge in [0.1, 0.15) is 0 Å². The van der Waals surface area contributed by atoms with E-state index >= 15 is 0 Å². The number of alkyl halides is 1. The number of hydrogen-bond donors (Lipinski definition) is 0. The predicted octanol–water partition coefficient (Wildman–Crippen LogP) is 2.72. The first kappa shape index (κ1) is 8.88. The first-order valence-corrected chi connectivity index (χ1v) is 4.96. The standard InChI is InChI=1S/C8H10ClNS/c1-7-6-10-4-2-8(7)11-5-3-9/h2,4,6H,3,5H2,1H3. The molecule has 1 nitrogen and oxygen atoms in total. The lowest BCUT2D eigenvalue weighted by molar-refractivity contribution is 1.18. The molecule has 3 heteroatoms. The predicted molar refractivity (Wildman–Crippen MR) is 50.4 cm³/mol. The molecule has 0 radical (unpaired) electrons. The van der Waals surface area contributed by atoms with Crippen molar-refractivity contribution >= 4 is 23.4 Å². The smallest absolute Gasteiger partial charge is 0.0317 e. The molecule has 0 spiro atoms. The van der Waals surface area contributed by atoms with Crippen LogP contribution in [0, 0.1) is 6.92 Å². The molecule has 0 aliphatic rings. The Balaban J connectivity index is 2.62. The Kier molecular flexibility index (Phi) is 3.73. The number of pyridine rings is 1. The van der Waals surface area contributed by atoms with Crippen LogP contribution in [0.15, 0.2) is 23.4 Å². The third-order valence-corrected chi connectivity index (χ3v) is 2.89. The van der Waals surface area contributed by atoms with Gasteiger partial charge in [0.25, 0.3) is 0 Å². The Labute approximate surface area is 76.2 Å². The quantitative estimate of drug-likeness (QED) is 0.533. The number of thioether (sulfide) groups is 1. The molecule has 0 N–H and O–H groups in total. The summed E-state index contributed by atoms with van der Waals surface area (Å²) in [5.74, 6) is 1.67. The molecule has 1 aromatic heterocycles. The van der Waals surface area contributed by atoms with Gasteiger partial charge in [-0.3, -0.25) is 4.98 Å². The minimum Gasteiger partial charge on any atom is -0.264 e. The number of halogens is 1. The minimum absolute atomic E-state index is 0.701. The molecule has 0 aliphatic carbocycles. The van der Waals surface area contributed by atoms with Gasteiger partial charge >= 0.3 is 0 Å². The molecule has 0 amide bonds. The molecule has 0 atom stereocenters. The van der Waals surface area contributed by atoms with Crippen LogP contribution in [0.1, 0.15) is 5.56 Å². The monoisotopic (exact) mass is 187 g/mol. The van der Waals surface area contributed by atoms with Gasteiger partial charge in [0.15, 0.2) is 0 Å². The highest BCUT2D eigenvalue weighted by Gasteiger charge is 1.95. The fraction of sp³-hybridized carbons (Fsp3) is 0.375. The third kappa shape index (κ3) is 2.72. The molecule has 0 fully saturated rings. The van der Waals surface area contributed by atoms with Gasteiger partial charge in [-0.25, -0.2) is 0 Å². The zero-order valence-corrected chi connectivity index (χ0v) is 7.95. The average Bonchev–Trinajstić information content (AvgIpc) is 2.03. The van der Waals surface area contributed by atoms with Gasteiger partial charge in [-0.05, 0) is 18.6 Å². The van der Waals surface area contributed by atoms with Crippen LogP contribution in [0.3, 0.4) is 0 Å². The van der Waals surface area contributed by atoms with Gasteiger partial charge in [0.2, 0.25) is 0 Å². The van der Waals surface area contributed by atoms with E-state index in [-0.39, 0.29) is 0 Å². The van der Waals surface area contributed by atoms with Crippen molar-refractivity contribution in [3.05, 3.63) is 24.0 Å². The average molecular weight is 188 g/mol. The number of aryl methyl sites for hydroxylation is 1. The van der Waals surface area contributed by atoms with Crippen LogP contribution in [-0.4, -0.2) is 16.6 Å². The lowest BCUT2D eigenvalue weighted by Crippen LogP contribution is -1.84. The maximum atomic E-state index is 5.57. The van der Waals surface area contributed by atoms with Crippen LogP contribution in [0.4, 0.5) is 0 Å². The van der Waals surface area contributed by atoms with Gasteiger partial charge in [-0.2, -0.15) is 0 Å². The number of nitrogens with zero attached hydrogens (tertiary/aromatic N) is 1. The van der Waals surface area contributed by atoms with Crippen molar-refractivity contribution in [1.82, 2.24) is 4.98 Å². The highest BCUT2D eigenvalue weighted by Crippen LogP contribution is 2.20. The third-order valence-electron chi connectivity index (χ3n) is 1.30. The van der Waals surface area contributed by atoms with Gasteiger partial charge in [0, 0.05) is 28.9 Å². The molecular weight excluding hydrogens is 178 g/mol. The van der Waals surface area contributed by atoms with Crippen LogP contribution >= 0.6 is 23.4 Å². The van der Waals surface area contributed by atoms with Gasteiger partial charge in [-0.1, -0.05) is 0 Å².